The van der Waals surface area contributed by atoms with Crippen molar-refractivity contribution in [3.63, 3.8) is 0 Å². The average Bonchev–Trinajstić information content (AvgIpc) is 2.39. The summed E-state index contributed by atoms with van der Waals surface area (Å²) in [7, 11) is 0. The second kappa shape index (κ2) is 5.34. The van der Waals surface area contributed by atoms with E-state index in [1.807, 2.05) is 19.1 Å². The predicted octanol–water partition coefficient (Wildman–Crippen LogP) is 1.73. The maximum Gasteiger partial charge on any atom is 0.166 e. The van der Waals surface area contributed by atoms with Gasteiger partial charge in [0, 0.05) is 23.4 Å². The van der Waals surface area contributed by atoms with Gasteiger partial charge in [-0.05, 0) is 19.8 Å². The molecule has 3 heteroatoms. The van der Waals surface area contributed by atoms with E-state index in [-0.39, 0.29) is 5.78 Å². The molecular formula is C15H17O3-. The van der Waals surface area contributed by atoms with Crippen molar-refractivity contribution in [3.8, 4) is 0 Å². The average molecular weight is 245 g/mol. The van der Waals surface area contributed by atoms with Crippen LogP contribution >= 0.6 is 0 Å². The molecule has 1 aromatic rings. The summed E-state index contributed by atoms with van der Waals surface area (Å²) in [5, 5.41) is 11.1. The number of Topliss-reactive ketones (excluding diaryl/α,β-unsaturated/α-hetero) is 1. The number of rotatable bonds is 3. The number of aryl methyl sites for hydroxylation is 1. The van der Waals surface area contributed by atoms with Gasteiger partial charge in [0.2, 0.25) is 0 Å². The molecule has 0 heterocycles. The van der Waals surface area contributed by atoms with Gasteiger partial charge in [-0.3, -0.25) is 4.79 Å². The summed E-state index contributed by atoms with van der Waals surface area (Å²) >= 11 is 0. The molecule has 2 atom stereocenters. The predicted molar refractivity (Wildman–Crippen MR) is 66.0 cm³/mol. The third-order valence-corrected chi connectivity index (χ3v) is 3.74. The van der Waals surface area contributed by atoms with Gasteiger partial charge in [-0.25, -0.2) is 0 Å². The van der Waals surface area contributed by atoms with E-state index >= 15 is 0 Å². The zero-order valence-electron chi connectivity index (χ0n) is 10.5. The zero-order valence-corrected chi connectivity index (χ0v) is 10.5. The van der Waals surface area contributed by atoms with Crippen molar-refractivity contribution in [3.05, 3.63) is 35.4 Å². The minimum atomic E-state index is -1.08. The Kier molecular flexibility index (Phi) is 3.80. The highest BCUT2D eigenvalue weighted by Gasteiger charge is 2.32. The van der Waals surface area contributed by atoms with Gasteiger partial charge in [0.25, 0.3) is 0 Å². The van der Waals surface area contributed by atoms with Crippen LogP contribution in [0.4, 0.5) is 0 Å². The summed E-state index contributed by atoms with van der Waals surface area (Å²) in [4.78, 5) is 23.4. The molecule has 1 aliphatic carbocycles. The number of carboxylic acid groups (broad SMARTS) is 1. The van der Waals surface area contributed by atoms with Crippen LogP contribution in [0.5, 0.6) is 0 Å². The van der Waals surface area contributed by atoms with E-state index in [2.05, 4.69) is 0 Å². The van der Waals surface area contributed by atoms with E-state index in [9.17, 15) is 14.7 Å². The first-order chi connectivity index (χ1) is 8.59. The Morgan fingerprint density at radius 2 is 1.61 bits per heavy atom. The highest BCUT2D eigenvalue weighted by molar-refractivity contribution is 5.99. The zero-order chi connectivity index (χ0) is 13.1. The number of carbonyl (C=O) groups is 2. The maximum absolute atomic E-state index is 12.3. The fourth-order valence-corrected chi connectivity index (χ4v) is 2.66. The van der Waals surface area contributed by atoms with Crippen LogP contribution < -0.4 is 5.11 Å². The smallest absolute Gasteiger partial charge is 0.166 e. The lowest BCUT2D eigenvalue weighted by molar-refractivity contribution is -0.313. The van der Waals surface area contributed by atoms with Crippen molar-refractivity contribution >= 4 is 11.8 Å². The van der Waals surface area contributed by atoms with Gasteiger partial charge in [-0.1, -0.05) is 42.7 Å². The molecule has 3 nitrogen and oxygen atoms in total. The van der Waals surface area contributed by atoms with Gasteiger partial charge in [-0.2, -0.15) is 0 Å². The first-order valence-corrected chi connectivity index (χ1v) is 6.41. The lowest BCUT2D eigenvalue weighted by Crippen LogP contribution is -2.40. The van der Waals surface area contributed by atoms with Crippen molar-refractivity contribution in [2.45, 2.75) is 32.6 Å². The van der Waals surface area contributed by atoms with Gasteiger partial charge in [0.05, 0.1) is 0 Å². The normalized spacial score (nSPS) is 23.6. The van der Waals surface area contributed by atoms with Gasteiger partial charge in [0.15, 0.2) is 5.78 Å². The Labute approximate surface area is 107 Å². The van der Waals surface area contributed by atoms with Crippen LogP contribution in [-0.2, 0) is 4.79 Å². The minimum absolute atomic E-state index is 0.0519. The molecule has 1 aliphatic rings. The molecule has 0 saturated heterocycles. The molecule has 0 radical (unpaired) electrons. The molecule has 96 valence electrons. The summed E-state index contributed by atoms with van der Waals surface area (Å²) < 4.78 is 0. The quantitative estimate of drug-likeness (QED) is 0.762. The van der Waals surface area contributed by atoms with Crippen molar-refractivity contribution in [1.82, 2.24) is 0 Å². The molecule has 1 saturated carbocycles. The van der Waals surface area contributed by atoms with Crippen LogP contribution in [0.1, 0.15) is 41.6 Å². The SMILES string of the molecule is Cc1ccc(C(=O)[C@@H]2CCCC[C@H]2C(=O)[O-])cc1. The minimum Gasteiger partial charge on any atom is -0.550 e. The first-order valence-electron chi connectivity index (χ1n) is 6.41. The van der Waals surface area contributed by atoms with E-state index in [0.717, 1.165) is 18.4 Å². The van der Waals surface area contributed by atoms with Crippen LogP contribution in [-0.4, -0.2) is 11.8 Å². The van der Waals surface area contributed by atoms with Crippen molar-refractivity contribution in [1.29, 1.82) is 0 Å². The molecule has 0 N–H and O–H groups in total. The van der Waals surface area contributed by atoms with Crippen LogP contribution in [0.3, 0.4) is 0 Å². The Morgan fingerprint density at radius 3 is 2.17 bits per heavy atom. The van der Waals surface area contributed by atoms with Gasteiger partial charge in [-0.15, -0.1) is 0 Å². The third kappa shape index (κ3) is 2.61. The Morgan fingerprint density at radius 1 is 1.06 bits per heavy atom. The van der Waals surface area contributed by atoms with Crippen molar-refractivity contribution in [2.75, 3.05) is 0 Å². The Bertz CT molecular complexity index is 447. The van der Waals surface area contributed by atoms with E-state index in [1.165, 1.54) is 0 Å². The molecule has 0 spiro atoms. The summed E-state index contributed by atoms with van der Waals surface area (Å²) in [6.45, 7) is 1.96. The number of hydrogen-bond donors (Lipinski definition) is 0. The first kappa shape index (κ1) is 12.8. The standard InChI is InChI=1S/C15H18O3/c1-10-6-8-11(9-7-10)14(16)12-4-2-3-5-13(12)15(17)18/h6-9,12-13H,2-5H2,1H3,(H,17,18)/p-1/t12-,13-/m1/s1. The van der Waals surface area contributed by atoms with Crippen LogP contribution in [0.15, 0.2) is 24.3 Å². The number of aliphatic carboxylic acids is 1. The molecule has 2 rings (SSSR count). The largest absolute Gasteiger partial charge is 0.550 e. The second-order valence-electron chi connectivity index (χ2n) is 5.05. The fraction of sp³-hybridized carbons (Fsp3) is 0.467. The number of benzene rings is 1. The van der Waals surface area contributed by atoms with Gasteiger partial charge in [0.1, 0.15) is 0 Å². The second-order valence-corrected chi connectivity index (χ2v) is 5.05. The lowest BCUT2D eigenvalue weighted by Gasteiger charge is -2.31. The van der Waals surface area contributed by atoms with Crippen molar-refractivity contribution < 1.29 is 14.7 Å². The maximum atomic E-state index is 12.3. The highest BCUT2D eigenvalue weighted by Crippen LogP contribution is 2.32. The monoisotopic (exact) mass is 245 g/mol. The fourth-order valence-electron chi connectivity index (χ4n) is 2.66. The Balaban J connectivity index is 2.20. The van der Waals surface area contributed by atoms with Crippen molar-refractivity contribution in [2.24, 2.45) is 11.8 Å². The molecule has 1 fully saturated rings. The summed E-state index contributed by atoms with van der Waals surface area (Å²) in [6.07, 6.45) is 3.01. The van der Waals surface area contributed by atoms with E-state index in [4.69, 9.17) is 0 Å². The summed E-state index contributed by atoms with van der Waals surface area (Å²) in [6, 6.07) is 7.31. The van der Waals surface area contributed by atoms with Crippen LogP contribution in [0.25, 0.3) is 0 Å². The molecule has 1 aromatic carbocycles. The van der Waals surface area contributed by atoms with Crippen LogP contribution in [0.2, 0.25) is 0 Å². The molecule has 18 heavy (non-hydrogen) atoms. The number of carboxylic acids is 1. The third-order valence-electron chi connectivity index (χ3n) is 3.74. The van der Waals surface area contributed by atoms with Crippen LogP contribution in [0, 0.1) is 18.8 Å². The van der Waals surface area contributed by atoms with E-state index < -0.39 is 17.8 Å². The van der Waals surface area contributed by atoms with Gasteiger partial charge < -0.3 is 9.90 Å². The van der Waals surface area contributed by atoms with E-state index in [0.29, 0.717) is 18.4 Å². The lowest BCUT2D eigenvalue weighted by atomic mass is 9.75. The number of hydrogen-bond acceptors (Lipinski definition) is 3. The molecule has 0 aromatic heterocycles. The van der Waals surface area contributed by atoms with Gasteiger partial charge >= 0.3 is 0 Å². The topological polar surface area (TPSA) is 57.2 Å². The summed E-state index contributed by atoms with van der Waals surface area (Å²) in [5.74, 6) is -2.16. The van der Waals surface area contributed by atoms with E-state index in [1.54, 1.807) is 12.1 Å². The Hall–Kier alpha value is -1.64. The molecular weight excluding hydrogens is 228 g/mol. The number of ketones is 1. The highest BCUT2D eigenvalue weighted by atomic mass is 16.4. The number of carbonyl (C=O) groups excluding carboxylic acids is 2. The molecule has 0 bridgehead atoms. The molecule has 0 unspecified atom stereocenters. The summed E-state index contributed by atoms with van der Waals surface area (Å²) in [5.41, 5.74) is 1.70. The molecule has 0 amide bonds. The molecule has 0 aliphatic heterocycles.